The van der Waals surface area contributed by atoms with Gasteiger partial charge in [0.05, 0.1) is 0 Å². The molecule has 0 fully saturated rings. The van der Waals surface area contributed by atoms with Crippen LogP contribution in [0.3, 0.4) is 0 Å². The van der Waals surface area contributed by atoms with E-state index in [-0.39, 0.29) is 10.6 Å². The number of hydrogen-bond acceptors (Lipinski definition) is 3. The Morgan fingerprint density at radius 3 is 2.50 bits per heavy atom. The van der Waals surface area contributed by atoms with Gasteiger partial charge in [0.25, 0.3) is 0 Å². The third kappa shape index (κ3) is 2.70. The van der Waals surface area contributed by atoms with Crippen LogP contribution in [0.5, 0.6) is 0 Å². The van der Waals surface area contributed by atoms with Gasteiger partial charge in [-0.05, 0) is 18.1 Å². The molecule has 0 bridgehead atoms. The van der Waals surface area contributed by atoms with E-state index >= 15 is 0 Å². The molecule has 5 heteroatoms. The van der Waals surface area contributed by atoms with Crippen LogP contribution in [0.1, 0.15) is 18.9 Å². The predicted octanol–water partition coefficient (Wildman–Crippen LogP) is 0.731. The highest BCUT2D eigenvalue weighted by molar-refractivity contribution is 7.90. The molecule has 1 heterocycles. The molecule has 0 radical (unpaired) electrons. The zero-order valence-electron chi connectivity index (χ0n) is 8.20. The summed E-state index contributed by atoms with van der Waals surface area (Å²) in [6, 6.07) is 2.94. The Labute approximate surface area is 82.9 Å². The van der Waals surface area contributed by atoms with E-state index in [1.807, 2.05) is 6.92 Å². The number of aromatic amines is 1. The second-order valence-electron chi connectivity index (χ2n) is 3.24. The molecule has 0 saturated carbocycles. The summed E-state index contributed by atoms with van der Waals surface area (Å²) in [5.41, 5.74) is 0.396. The molecular weight excluding hydrogens is 202 g/mol. The van der Waals surface area contributed by atoms with Gasteiger partial charge in [-0.15, -0.1) is 0 Å². The van der Waals surface area contributed by atoms with Crippen molar-refractivity contribution in [3.05, 3.63) is 28.0 Å². The Kier molecular flexibility index (Phi) is 3.10. The fourth-order valence-electron chi connectivity index (χ4n) is 1.20. The van der Waals surface area contributed by atoms with Crippen molar-refractivity contribution in [1.29, 1.82) is 0 Å². The van der Waals surface area contributed by atoms with E-state index in [0.29, 0.717) is 6.42 Å². The normalized spacial score (nSPS) is 11.6. The van der Waals surface area contributed by atoms with E-state index in [2.05, 4.69) is 4.98 Å². The summed E-state index contributed by atoms with van der Waals surface area (Å²) in [6.45, 7) is 1.97. The summed E-state index contributed by atoms with van der Waals surface area (Å²) >= 11 is 0. The van der Waals surface area contributed by atoms with Gasteiger partial charge in [-0.2, -0.15) is 0 Å². The lowest BCUT2D eigenvalue weighted by Gasteiger charge is -2.01. The van der Waals surface area contributed by atoms with Crippen LogP contribution in [0.2, 0.25) is 0 Å². The summed E-state index contributed by atoms with van der Waals surface area (Å²) in [5.74, 6) is 0. The number of nitrogens with one attached hydrogen (secondary N) is 1. The molecule has 0 aliphatic heterocycles. The monoisotopic (exact) mass is 215 g/mol. The smallest absolute Gasteiger partial charge is 0.249 e. The van der Waals surface area contributed by atoms with Crippen LogP contribution in [0.4, 0.5) is 0 Å². The molecule has 4 nitrogen and oxygen atoms in total. The minimum Gasteiger partial charge on any atom is -0.313 e. The lowest BCUT2D eigenvalue weighted by Crippen LogP contribution is -2.12. The predicted molar refractivity (Wildman–Crippen MR) is 54.2 cm³/mol. The molecule has 1 aromatic rings. The number of H-pyrrole nitrogens is 1. The van der Waals surface area contributed by atoms with E-state index in [1.165, 1.54) is 12.1 Å². The maximum atomic E-state index is 11.2. The highest BCUT2D eigenvalue weighted by Gasteiger charge is 2.09. The number of sulfone groups is 1. The van der Waals surface area contributed by atoms with Crippen LogP contribution in [0, 0.1) is 0 Å². The van der Waals surface area contributed by atoms with Crippen LogP contribution in [-0.4, -0.2) is 19.7 Å². The summed E-state index contributed by atoms with van der Waals surface area (Å²) in [6.07, 6.45) is 2.67. The van der Waals surface area contributed by atoms with Crippen LogP contribution < -0.4 is 5.56 Å². The Hall–Kier alpha value is -1.10. The Morgan fingerprint density at radius 2 is 2.00 bits per heavy atom. The Morgan fingerprint density at radius 1 is 1.36 bits per heavy atom. The van der Waals surface area contributed by atoms with Crippen molar-refractivity contribution in [3.8, 4) is 0 Å². The second-order valence-corrected chi connectivity index (χ2v) is 5.22. The molecule has 0 aliphatic rings. The average Bonchev–Trinajstić information content (AvgIpc) is 2.02. The molecular formula is C9H13NO3S. The van der Waals surface area contributed by atoms with Gasteiger partial charge in [0.1, 0.15) is 5.03 Å². The van der Waals surface area contributed by atoms with Crippen LogP contribution in [0.25, 0.3) is 0 Å². The van der Waals surface area contributed by atoms with Crippen molar-refractivity contribution < 1.29 is 8.42 Å². The molecule has 14 heavy (non-hydrogen) atoms. The minimum absolute atomic E-state index is 0.00606. The highest BCUT2D eigenvalue weighted by atomic mass is 32.2. The Bertz CT molecular complexity index is 473. The largest absolute Gasteiger partial charge is 0.313 e. The molecule has 78 valence electrons. The van der Waals surface area contributed by atoms with Gasteiger partial charge in [-0.25, -0.2) is 8.42 Å². The minimum atomic E-state index is -3.32. The fourth-order valence-corrected chi connectivity index (χ4v) is 1.86. The van der Waals surface area contributed by atoms with Crippen molar-refractivity contribution >= 4 is 9.84 Å². The van der Waals surface area contributed by atoms with Gasteiger partial charge in [0, 0.05) is 12.3 Å². The van der Waals surface area contributed by atoms with E-state index in [9.17, 15) is 13.2 Å². The summed E-state index contributed by atoms with van der Waals surface area (Å²) in [4.78, 5) is 13.4. The van der Waals surface area contributed by atoms with Crippen molar-refractivity contribution in [2.75, 3.05) is 6.26 Å². The molecule has 0 aliphatic carbocycles. The molecule has 0 amide bonds. The quantitative estimate of drug-likeness (QED) is 0.808. The molecule has 1 aromatic heterocycles. The van der Waals surface area contributed by atoms with Crippen molar-refractivity contribution in [2.45, 2.75) is 24.8 Å². The first kappa shape index (κ1) is 11.0. The van der Waals surface area contributed by atoms with Gasteiger partial charge >= 0.3 is 0 Å². The van der Waals surface area contributed by atoms with Gasteiger partial charge in [-0.3, -0.25) is 4.79 Å². The van der Waals surface area contributed by atoms with Crippen molar-refractivity contribution in [2.24, 2.45) is 0 Å². The van der Waals surface area contributed by atoms with Gasteiger partial charge < -0.3 is 4.98 Å². The molecule has 0 saturated heterocycles. The van der Waals surface area contributed by atoms with Crippen LogP contribution in [0.15, 0.2) is 22.0 Å². The molecule has 0 atom stereocenters. The number of aromatic nitrogens is 1. The molecule has 0 unspecified atom stereocenters. The summed E-state index contributed by atoms with van der Waals surface area (Å²) in [7, 11) is -3.32. The maximum absolute atomic E-state index is 11.2. The summed E-state index contributed by atoms with van der Waals surface area (Å²) in [5, 5.41) is -0.00606. The van der Waals surface area contributed by atoms with Crippen molar-refractivity contribution in [3.63, 3.8) is 0 Å². The SMILES string of the molecule is CCCc1cc(S(C)(=O)=O)[nH]c(=O)c1. The van der Waals surface area contributed by atoms with E-state index < -0.39 is 9.84 Å². The number of pyridine rings is 1. The molecule has 0 aromatic carbocycles. The van der Waals surface area contributed by atoms with E-state index in [1.54, 1.807) is 0 Å². The first-order valence-corrected chi connectivity index (χ1v) is 6.26. The second kappa shape index (κ2) is 3.96. The van der Waals surface area contributed by atoms with Crippen LogP contribution in [-0.2, 0) is 16.3 Å². The lowest BCUT2D eigenvalue weighted by atomic mass is 10.2. The standard InChI is InChI=1S/C9H13NO3S/c1-3-4-7-5-8(11)10-9(6-7)14(2,12)13/h5-6H,3-4H2,1-2H3,(H,10,11). The molecule has 1 N–H and O–H groups in total. The third-order valence-corrected chi connectivity index (χ3v) is 2.84. The first-order chi connectivity index (χ1) is 6.43. The number of hydrogen-bond donors (Lipinski definition) is 1. The van der Waals surface area contributed by atoms with Crippen LogP contribution >= 0.6 is 0 Å². The average molecular weight is 215 g/mol. The van der Waals surface area contributed by atoms with E-state index in [4.69, 9.17) is 0 Å². The maximum Gasteiger partial charge on any atom is 0.249 e. The Balaban J connectivity index is 3.28. The molecule has 0 spiro atoms. The number of aryl methyl sites for hydroxylation is 1. The van der Waals surface area contributed by atoms with Gasteiger partial charge in [0.2, 0.25) is 5.56 Å². The first-order valence-electron chi connectivity index (χ1n) is 4.37. The summed E-state index contributed by atoms with van der Waals surface area (Å²) < 4.78 is 22.3. The topological polar surface area (TPSA) is 67.0 Å². The molecule has 1 rings (SSSR count). The number of rotatable bonds is 3. The van der Waals surface area contributed by atoms with Crippen molar-refractivity contribution in [1.82, 2.24) is 4.98 Å². The van der Waals surface area contributed by atoms with Gasteiger partial charge in [-0.1, -0.05) is 13.3 Å². The highest BCUT2D eigenvalue weighted by Crippen LogP contribution is 2.07. The van der Waals surface area contributed by atoms with Gasteiger partial charge in [0.15, 0.2) is 9.84 Å². The lowest BCUT2D eigenvalue weighted by molar-refractivity contribution is 0.597. The fraction of sp³-hybridized carbons (Fsp3) is 0.444. The zero-order chi connectivity index (χ0) is 10.8. The zero-order valence-corrected chi connectivity index (χ0v) is 9.02. The third-order valence-electron chi connectivity index (χ3n) is 1.82. The van der Waals surface area contributed by atoms with E-state index in [0.717, 1.165) is 18.2 Å².